The van der Waals surface area contributed by atoms with Crippen LogP contribution >= 0.6 is 0 Å². The number of ether oxygens (including phenoxy) is 1. The molecule has 2 N–H and O–H groups in total. The molecule has 1 aliphatic carbocycles. The van der Waals surface area contributed by atoms with Crippen LogP contribution in [0.2, 0.25) is 0 Å². The average molecular weight is 378 g/mol. The van der Waals surface area contributed by atoms with Crippen LogP contribution in [-0.4, -0.2) is 23.3 Å². The molecule has 1 saturated carbocycles. The Hall–Kier alpha value is -3.35. The minimum Gasteiger partial charge on any atom is -0.495 e. The van der Waals surface area contributed by atoms with E-state index >= 15 is 0 Å². The predicted molar refractivity (Wildman–Crippen MR) is 107 cm³/mol. The van der Waals surface area contributed by atoms with E-state index < -0.39 is 0 Å². The summed E-state index contributed by atoms with van der Waals surface area (Å²) >= 11 is 0. The highest BCUT2D eigenvalue weighted by molar-refractivity contribution is 6.01. The number of amides is 2. The lowest BCUT2D eigenvalue weighted by atomic mass is 9.85. The molecule has 7 nitrogen and oxygen atoms in total. The Balaban J connectivity index is 1.46. The van der Waals surface area contributed by atoms with Gasteiger partial charge in [-0.1, -0.05) is 29.8 Å². The van der Waals surface area contributed by atoms with Gasteiger partial charge < -0.3 is 19.9 Å². The first kappa shape index (κ1) is 18.0. The number of hydrogen-bond acceptors (Lipinski definition) is 5. The molecule has 0 spiro atoms. The highest BCUT2D eigenvalue weighted by atomic mass is 16.5. The van der Waals surface area contributed by atoms with Crippen LogP contribution in [0.5, 0.6) is 5.75 Å². The lowest BCUT2D eigenvalue weighted by Gasteiger charge is -2.20. The highest BCUT2D eigenvalue weighted by Crippen LogP contribution is 2.36. The largest absolute Gasteiger partial charge is 0.495 e. The van der Waals surface area contributed by atoms with Crippen LogP contribution in [0.15, 0.2) is 47.0 Å². The molecule has 144 valence electrons. The van der Waals surface area contributed by atoms with Gasteiger partial charge >= 0.3 is 6.03 Å². The Labute approximate surface area is 163 Å². The van der Waals surface area contributed by atoms with Gasteiger partial charge in [0.2, 0.25) is 11.7 Å². The summed E-state index contributed by atoms with van der Waals surface area (Å²) in [6.07, 6.45) is 3.42. The molecule has 1 aliphatic rings. The summed E-state index contributed by atoms with van der Waals surface area (Å²) in [6, 6.07) is 12.6. The van der Waals surface area contributed by atoms with E-state index in [0.717, 1.165) is 24.0 Å². The van der Waals surface area contributed by atoms with E-state index in [1.54, 1.807) is 7.11 Å². The fourth-order valence-electron chi connectivity index (χ4n) is 3.11. The maximum Gasteiger partial charge on any atom is 0.323 e. The molecule has 3 aromatic rings. The van der Waals surface area contributed by atoms with Gasteiger partial charge in [-0.05, 0) is 49.6 Å². The van der Waals surface area contributed by atoms with Crippen molar-refractivity contribution in [2.45, 2.75) is 32.1 Å². The Morgan fingerprint density at radius 2 is 2.04 bits per heavy atom. The second kappa shape index (κ2) is 7.72. The van der Waals surface area contributed by atoms with Crippen molar-refractivity contribution < 1.29 is 14.1 Å². The number of anilines is 2. The molecular weight excluding hydrogens is 356 g/mol. The summed E-state index contributed by atoms with van der Waals surface area (Å²) in [5.41, 5.74) is 3.06. The van der Waals surface area contributed by atoms with Crippen LogP contribution in [0.3, 0.4) is 0 Å². The SMILES string of the molecule is COc1ccc(C)cc1NC(=O)Nc1cccc(-c2noc(C3CCC3)n2)c1. The molecule has 2 amide bonds. The zero-order chi connectivity index (χ0) is 19.5. The van der Waals surface area contributed by atoms with Gasteiger partial charge in [-0.25, -0.2) is 4.79 Å². The maximum absolute atomic E-state index is 12.4. The molecule has 0 bridgehead atoms. The van der Waals surface area contributed by atoms with Crippen molar-refractivity contribution in [2.75, 3.05) is 17.7 Å². The smallest absolute Gasteiger partial charge is 0.323 e. The molecule has 0 aliphatic heterocycles. The zero-order valence-electron chi connectivity index (χ0n) is 15.9. The van der Waals surface area contributed by atoms with Crippen LogP contribution in [0.25, 0.3) is 11.4 Å². The van der Waals surface area contributed by atoms with Gasteiger partial charge in [0, 0.05) is 17.2 Å². The topological polar surface area (TPSA) is 89.3 Å². The van der Waals surface area contributed by atoms with Crippen molar-refractivity contribution >= 4 is 17.4 Å². The van der Waals surface area contributed by atoms with Gasteiger partial charge in [0.05, 0.1) is 12.8 Å². The fraction of sp³-hybridized carbons (Fsp3) is 0.286. The summed E-state index contributed by atoms with van der Waals surface area (Å²) in [7, 11) is 1.57. The van der Waals surface area contributed by atoms with Crippen molar-refractivity contribution in [3.63, 3.8) is 0 Å². The first-order chi connectivity index (χ1) is 13.6. The average Bonchev–Trinajstić information content (AvgIpc) is 3.10. The van der Waals surface area contributed by atoms with E-state index in [9.17, 15) is 4.79 Å². The van der Waals surface area contributed by atoms with Crippen molar-refractivity contribution in [2.24, 2.45) is 0 Å². The number of aryl methyl sites for hydroxylation is 1. The maximum atomic E-state index is 12.4. The van der Waals surface area contributed by atoms with E-state index in [0.29, 0.717) is 34.8 Å². The van der Waals surface area contributed by atoms with Crippen molar-refractivity contribution in [3.8, 4) is 17.1 Å². The number of urea groups is 1. The third-order valence-electron chi connectivity index (χ3n) is 4.88. The summed E-state index contributed by atoms with van der Waals surface area (Å²) in [5, 5.41) is 9.73. The van der Waals surface area contributed by atoms with Gasteiger partial charge in [0.15, 0.2) is 0 Å². The second-order valence-corrected chi connectivity index (χ2v) is 6.95. The number of nitrogens with zero attached hydrogens (tertiary/aromatic N) is 2. The monoisotopic (exact) mass is 378 g/mol. The van der Waals surface area contributed by atoms with E-state index in [-0.39, 0.29) is 6.03 Å². The molecule has 0 saturated heterocycles. The quantitative estimate of drug-likeness (QED) is 0.655. The van der Waals surface area contributed by atoms with Gasteiger partial charge in [-0.3, -0.25) is 0 Å². The number of hydrogen-bond donors (Lipinski definition) is 2. The molecular formula is C21H22N4O3. The summed E-state index contributed by atoms with van der Waals surface area (Å²) in [6.45, 7) is 1.95. The Bertz CT molecular complexity index is 995. The van der Waals surface area contributed by atoms with Crippen LogP contribution in [0.1, 0.15) is 36.6 Å². The van der Waals surface area contributed by atoms with Crippen LogP contribution < -0.4 is 15.4 Å². The van der Waals surface area contributed by atoms with Crippen molar-refractivity contribution in [1.29, 1.82) is 0 Å². The number of nitrogens with one attached hydrogen (secondary N) is 2. The Morgan fingerprint density at radius 3 is 2.79 bits per heavy atom. The zero-order valence-corrected chi connectivity index (χ0v) is 15.9. The number of aromatic nitrogens is 2. The Morgan fingerprint density at radius 1 is 1.18 bits per heavy atom. The summed E-state index contributed by atoms with van der Waals surface area (Å²) in [5.74, 6) is 2.22. The third-order valence-corrected chi connectivity index (χ3v) is 4.88. The molecule has 1 aromatic heterocycles. The van der Waals surface area contributed by atoms with Gasteiger partial charge in [0.25, 0.3) is 0 Å². The molecule has 4 rings (SSSR count). The summed E-state index contributed by atoms with van der Waals surface area (Å²) in [4.78, 5) is 16.9. The normalized spacial score (nSPS) is 13.6. The highest BCUT2D eigenvalue weighted by Gasteiger charge is 2.25. The molecule has 1 fully saturated rings. The first-order valence-corrected chi connectivity index (χ1v) is 9.29. The van der Waals surface area contributed by atoms with Crippen LogP contribution in [-0.2, 0) is 0 Å². The lowest BCUT2D eigenvalue weighted by Crippen LogP contribution is -2.19. The number of carbonyl (C=O) groups excluding carboxylic acids is 1. The molecule has 1 heterocycles. The van der Waals surface area contributed by atoms with Crippen molar-refractivity contribution in [3.05, 3.63) is 53.9 Å². The van der Waals surface area contributed by atoms with Crippen molar-refractivity contribution in [1.82, 2.24) is 10.1 Å². The molecule has 0 unspecified atom stereocenters. The van der Waals surface area contributed by atoms with E-state index in [2.05, 4.69) is 20.8 Å². The lowest BCUT2D eigenvalue weighted by molar-refractivity contribution is 0.262. The van der Waals surface area contributed by atoms with Crippen LogP contribution in [0, 0.1) is 6.92 Å². The number of carbonyl (C=O) groups is 1. The molecule has 0 radical (unpaired) electrons. The Kier molecular flexibility index (Phi) is 4.97. The number of methoxy groups -OCH3 is 1. The number of benzene rings is 2. The minimum atomic E-state index is -0.357. The van der Waals surface area contributed by atoms with E-state index in [1.807, 2.05) is 49.4 Å². The molecule has 2 aromatic carbocycles. The molecule has 7 heteroatoms. The van der Waals surface area contributed by atoms with E-state index in [4.69, 9.17) is 9.26 Å². The first-order valence-electron chi connectivity index (χ1n) is 9.29. The molecule has 28 heavy (non-hydrogen) atoms. The number of rotatable bonds is 5. The van der Waals surface area contributed by atoms with Gasteiger partial charge in [0.1, 0.15) is 5.75 Å². The molecule has 0 atom stereocenters. The van der Waals surface area contributed by atoms with Gasteiger partial charge in [-0.15, -0.1) is 0 Å². The third kappa shape index (κ3) is 3.83. The van der Waals surface area contributed by atoms with Gasteiger partial charge in [-0.2, -0.15) is 4.98 Å². The predicted octanol–water partition coefficient (Wildman–Crippen LogP) is 4.97. The minimum absolute atomic E-state index is 0.357. The van der Waals surface area contributed by atoms with E-state index in [1.165, 1.54) is 6.42 Å². The summed E-state index contributed by atoms with van der Waals surface area (Å²) < 4.78 is 10.7. The second-order valence-electron chi connectivity index (χ2n) is 6.95. The fourth-order valence-corrected chi connectivity index (χ4v) is 3.11. The standard InChI is InChI=1S/C21H22N4O3/c1-13-9-10-18(27-2)17(11-13)23-21(26)22-16-8-4-7-15(12-16)19-24-20(28-25-19)14-5-3-6-14/h4,7-12,14H,3,5-6H2,1-2H3,(H2,22,23,26). The van der Waals surface area contributed by atoms with Crippen LogP contribution in [0.4, 0.5) is 16.2 Å².